The number of hydrogen-bond acceptors (Lipinski definition) is 3. The molecule has 0 amide bonds. The van der Waals surface area contributed by atoms with Crippen molar-refractivity contribution in [1.29, 1.82) is 0 Å². The molecule has 1 atom stereocenters. The molecule has 4 nitrogen and oxygen atoms in total. The Balaban J connectivity index is 1.79. The molecule has 0 spiro atoms. The summed E-state index contributed by atoms with van der Waals surface area (Å²) in [6.07, 6.45) is 5.44. The molecule has 4 rings (SSSR count). The topological polar surface area (TPSA) is 33.1 Å². The van der Waals surface area contributed by atoms with E-state index in [0.717, 1.165) is 69.4 Å². The van der Waals surface area contributed by atoms with Crippen molar-refractivity contribution in [2.45, 2.75) is 44.9 Å². The van der Waals surface area contributed by atoms with Crippen molar-refractivity contribution in [2.24, 2.45) is 0 Å². The standard InChI is InChI=1S/C20H26F2N4/c1-2-25-11-5-6-14(13-25)19-16-7-3-4-10-23-20(16)26(24-19)18-9-8-15(21)12-17(18)22/h8-9,12,14,23H,2-7,10-11,13H2,1H3. The van der Waals surface area contributed by atoms with Crippen LogP contribution < -0.4 is 5.32 Å². The molecule has 2 aliphatic heterocycles. The molecular formula is C20H26F2N4. The first-order valence-corrected chi connectivity index (χ1v) is 9.70. The van der Waals surface area contributed by atoms with E-state index in [9.17, 15) is 8.78 Å². The zero-order valence-electron chi connectivity index (χ0n) is 15.3. The summed E-state index contributed by atoms with van der Waals surface area (Å²) < 4.78 is 29.5. The van der Waals surface area contributed by atoms with E-state index in [4.69, 9.17) is 5.10 Å². The molecule has 1 unspecified atom stereocenters. The lowest BCUT2D eigenvalue weighted by Gasteiger charge is -2.31. The summed E-state index contributed by atoms with van der Waals surface area (Å²) in [7, 11) is 0. The number of halogens is 2. The van der Waals surface area contributed by atoms with Crippen molar-refractivity contribution in [3.05, 3.63) is 41.1 Å². The number of nitrogens with zero attached hydrogens (tertiary/aromatic N) is 3. The minimum Gasteiger partial charge on any atom is -0.370 e. The van der Waals surface area contributed by atoms with E-state index in [1.165, 1.54) is 24.1 Å². The molecule has 6 heteroatoms. The van der Waals surface area contributed by atoms with E-state index in [-0.39, 0.29) is 0 Å². The van der Waals surface area contributed by atoms with Gasteiger partial charge < -0.3 is 10.2 Å². The monoisotopic (exact) mass is 360 g/mol. The largest absolute Gasteiger partial charge is 0.370 e. The molecule has 0 bridgehead atoms. The molecule has 1 N–H and O–H groups in total. The highest BCUT2D eigenvalue weighted by Crippen LogP contribution is 2.36. The third-order valence-electron chi connectivity index (χ3n) is 5.64. The summed E-state index contributed by atoms with van der Waals surface area (Å²) in [5, 5.41) is 8.30. The number of likely N-dealkylation sites (N-methyl/N-ethyl adjacent to an activating group) is 1. The second kappa shape index (κ2) is 7.35. The molecule has 2 aliphatic rings. The number of nitrogens with one attached hydrogen (secondary N) is 1. The van der Waals surface area contributed by atoms with Crippen LogP contribution in [0, 0.1) is 11.6 Å². The Morgan fingerprint density at radius 2 is 2.12 bits per heavy atom. The zero-order chi connectivity index (χ0) is 18.1. The normalized spacial score (nSPS) is 21.1. The van der Waals surface area contributed by atoms with Gasteiger partial charge in [0, 0.05) is 30.6 Å². The van der Waals surface area contributed by atoms with Crippen LogP contribution in [0.1, 0.15) is 49.8 Å². The van der Waals surface area contributed by atoms with Crippen LogP contribution in [-0.4, -0.2) is 40.9 Å². The molecule has 1 fully saturated rings. The molecule has 0 saturated carbocycles. The fraction of sp³-hybridized carbons (Fsp3) is 0.550. The van der Waals surface area contributed by atoms with Crippen LogP contribution in [-0.2, 0) is 6.42 Å². The summed E-state index contributed by atoms with van der Waals surface area (Å²) in [6, 6.07) is 3.70. The maximum Gasteiger partial charge on any atom is 0.151 e. The first kappa shape index (κ1) is 17.5. The lowest BCUT2D eigenvalue weighted by atomic mass is 9.91. The van der Waals surface area contributed by atoms with Gasteiger partial charge >= 0.3 is 0 Å². The number of benzene rings is 1. The van der Waals surface area contributed by atoms with Crippen LogP contribution >= 0.6 is 0 Å². The number of fused-ring (bicyclic) bond motifs is 1. The van der Waals surface area contributed by atoms with Crippen molar-refractivity contribution in [2.75, 3.05) is 31.5 Å². The first-order chi connectivity index (χ1) is 12.7. The van der Waals surface area contributed by atoms with E-state index in [0.29, 0.717) is 11.6 Å². The maximum atomic E-state index is 14.4. The summed E-state index contributed by atoms with van der Waals surface area (Å²) in [4.78, 5) is 2.46. The Bertz CT molecular complexity index is 786. The predicted molar refractivity (Wildman–Crippen MR) is 99.0 cm³/mol. The maximum absolute atomic E-state index is 14.4. The molecule has 3 heterocycles. The molecule has 26 heavy (non-hydrogen) atoms. The smallest absolute Gasteiger partial charge is 0.151 e. The van der Waals surface area contributed by atoms with Crippen molar-refractivity contribution in [3.63, 3.8) is 0 Å². The quantitative estimate of drug-likeness (QED) is 0.895. The summed E-state index contributed by atoms with van der Waals surface area (Å²) in [5.74, 6) is 0.119. The highest BCUT2D eigenvalue weighted by Gasteiger charge is 2.29. The van der Waals surface area contributed by atoms with Gasteiger partial charge in [-0.25, -0.2) is 13.5 Å². The highest BCUT2D eigenvalue weighted by molar-refractivity contribution is 5.55. The summed E-state index contributed by atoms with van der Waals surface area (Å²) in [6.45, 7) is 6.24. The van der Waals surface area contributed by atoms with Gasteiger partial charge in [-0.3, -0.25) is 0 Å². The lowest BCUT2D eigenvalue weighted by Crippen LogP contribution is -2.34. The third kappa shape index (κ3) is 3.22. The van der Waals surface area contributed by atoms with Gasteiger partial charge in [0.2, 0.25) is 0 Å². The summed E-state index contributed by atoms with van der Waals surface area (Å²) >= 11 is 0. The van der Waals surface area contributed by atoms with Gasteiger partial charge in [0.15, 0.2) is 5.82 Å². The third-order valence-corrected chi connectivity index (χ3v) is 5.64. The number of likely N-dealkylation sites (tertiary alicyclic amines) is 1. The Morgan fingerprint density at radius 1 is 1.23 bits per heavy atom. The van der Waals surface area contributed by atoms with E-state index < -0.39 is 11.6 Å². The average molecular weight is 360 g/mol. The van der Waals surface area contributed by atoms with Crippen LogP contribution in [0.25, 0.3) is 5.69 Å². The predicted octanol–water partition coefficient (Wildman–Crippen LogP) is 4.10. The Kier molecular flexibility index (Phi) is 4.94. The molecule has 0 radical (unpaired) electrons. The fourth-order valence-corrected chi connectivity index (χ4v) is 4.25. The number of piperidine rings is 1. The molecule has 1 aromatic carbocycles. The van der Waals surface area contributed by atoms with E-state index in [2.05, 4.69) is 17.1 Å². The van der Waals surface area contributed by atoms with Crippen LogP contribution in [0.2, 0.25) is 0 Å². The average Bonchev–Trinajstić information content (AvgIpc) is 2.83. The number of rotatable bonds is 3. The molecule has 2 aromatic rings. The van der Waals surface area contributed by atoms with Gasteiger partial charge in [0.1, 0.15) is 17.3 Å². The Hall–Kier alpha value is -1.95. The van der Waals surface area contributed by atoms with Crippen LogP contribution in [0.15, 0.2) is 18.2 Å². The lowest BCUT2D eigenvalue weighted by molar-refractivity contribution is 0.215. The van der Waals surface area contributed by atoms with E-state index in [1.807, 2.05) is 0 Å². The molecule has 140 valence electrons. The van der Waals surface area contributed by atoms with Gasteiger partial charge in [-0.05, 0) is 57.3 Å². The minimum absolute atomic E-state index is 0.312. The first-order valence-electron chi connectivity index (χ1n) is 9.70. The molecule has 1 aromatic heterocycles. The van der Waals surface area contributed by atoms with Crippen molar-refractivity contribution in [3.8, 4) is 5.69 Å². The van der Waals surface area contributed by atoms with Crippen LogP contribution in [0.5, 0.6) is 0 Å². The Labute approximate surface area is 153 Å². The van der Waals surface area contributed by atoms with Crippen LogP contribution in [0.3, 0.4) is 0 Å². The Morgan fingerprint density at radius 3 is 2.92 bits per heavy atom. The number of hydrogen-bond donors (Lipinski definition) is 1. The van der Waals surface area contributed by atoms with E-state index in [1.54, 1.807) is 4.68 Å². The minimum atomic E-state index is -0.577. The SMILES string of the molecule is CCN1CCCC(c2nn(-c3ccc(F)cc3F)c3c2CCCCN3)C1. The second-order valence-corrected chi connectivity index (χ2v) is 7.34. The van der Waals surface area contributed by atoms with Gasteiger partial charge in [-0.1, -0.05) is 6.92 Å². The second-order valence-electron chi connectivity index (χ2n) is 7.34. The van der Waals surface area contributed by atoms with Crippen molar-refractivity contribution >= 4 is 5.82 Å². The zero-order valence-corrected chi connectivity index (χ0v) is 15.3. The fourth-order valence-electron chi connectivity index (χ4n) is 4.25. The number of anilines is 1. The van der Waals surface area contributed by atoms with Gasteiger partial charge in [0.25, 0.3) is 0 Å². The van der Waals surface area contributed by atoms with Crippen molar-refractivity contribution in [1.82, 2.24) is 14.7 Å². The highest BCUT2D eigenvalue weighted by atomic mass is 19.1. The van der Waals surface area contributed by atoms with Crippen LogP contribution in [0.4, 0.5) is 14.6 Å². The summed E-state index contributed by atoms with van der Waals surface area (Å²) in [5.41, 5.74) is 2.62. The van der Waals surface area contributed by atoms with E-state index >= 15 is 0 Å². The molecule has 0 aliphatic carbocycles. The molecular weight excluding hydrogens is 334 g/mol. The van der Waals surface area contributed by atoms with Gasteiger partial charge in [-0.15, -0.1) is 0 Å². The number of aromatic nitrogens is 2. The van der Waals surface area contributed by atoms with Gasteiger partial charge in [-0.2, -0.15) is 5.10 Å². The molecule has 1 saturated heterocycles. The van der Waals surface area contributed by atoms with Crippen molar-refractivity contribution < 1.29 is 8.78 Å². The van der Waals surface area contributed by atoms with Gasteiger partial charge in [0.05, 0.1) is 5.69 Å².